The van der Waals surface area contributed by atoms with Crippen LogP contribution in [0.5, 0.6) is 0 Å². The molecule has 3 heterocycles. The van der Waals surface area contributed by atoms with Gasteiger partial charge in [-0.05, 0) is 70.1 Å². The van der Waals surface area contributed by atoms with Gasteiger partial charge >= 0.3 is 0 Å². The van der Waals surface area contributed by atoms with Crippen LogP contribution >= 0.6 is 0 Å². The highest BCUT2D eigenvalue weighted by Crippen LogP contribution is 2.38. The molecule has 1 amide bonds. The van der Waals surface area contributed by atoms with E-state index in [4.69, 9.17) is 0 Å². The summed E-state index contributed by atoms with van der Waals surface area (Å²) < 4.78 is 4.62. The summed E-state index contributed by atoms with van der Waals surface area (Å²) in [5.41, 5.74) is 3.59. The van der Waals surface area contributed by atoms with Gasteiger partial charge in [-0.3, -0.25) is 4.79 Å². The fourth-order valence-corrected chi connectivity index (χ4v) is 5.87. The summed E-state index contributed by atoms with van der Waals surface area (Å²) in [6.45, 7) is 5.55. The third-order valence-corrected chi connectivity index (χ3v) is 7.73. The summed E-state index contributed by atoms with van der Waals surface area (Å²) in [7, 11) is 0. The number of carbonyl (C=O) groups is 1. The van der Waals surface area contributed by atoms with Crippen LogP contribution in [-0.4, -0.2) is 43.2 Å². The first-order chi connectivity index (χ1) is 16.1. The average molecular weight is 447 g/mol. The van der Waals surface area contributed by atoms with Gasteiger partial charge < -0.3 is 14.0 Å². The number of amides is 1. The molecule has 0 spiro atoms. The van der Waals surface area contributed by atoms with Gasteiger partial charge in [0.25, 0.3) is 5.91 Å². The lowest BCUT2D eigenvalue weighted by molar-refractivity contribution is -0.127. The standard InChI is InChI=1S/C26H34N6O/c1-18-13-21(19(2)32(18)24-8-4-3-5-9-24)14-22(15-27)26(33)30-12-6-7-20(16-30)25-29-28-17-31(25)23-10-11-23/h13-14,17,20,23-24H,3-12,16H2,1-2H3/b22-14-. The van der Waals surface area contributed by atoms with Gasteiger partial charge in [0.2, 0.25) is 0 Å². The summed E-state index contributed by atoms with van der Waals surface area (Å²) in [4.78, 5) is 15.2. The first-order valence-electron chi connectivity index (χ1n) is 12.6. The average Bonchev–Trinajstić information content (AvgIpc) is 3.50. The number of hydrogen-bond donors (Lipinski definition) is 0. The highest BCUT2D eigenvalue weighted by molar-refractivity contribution is 6.01. The molecule has 1 atom stereocenters. The minimum Gasteiger partial charge on any atom is -0.346 e. The Morgan fingerprint density at radius 2 is 1.88 bits per heavy atom. The van der Waals surface area contributed by atoms with Gasteiger partial charge in [0.1, 0.15) is 23.8 Å². The van der Waals surface area contributed by atoms with E-state index in [0.717, 1.165) is 29.9 Å². The van der Waals surface area contributed by atoms with E-state index >= 15 is 0 Å². The van der Waals surface area contributed by atoms with Crippen LogP contribution in [0.2, 0.25) is 0 Å². The maximum absolute atomic E-state index is 13.4. The van der Waals surface area contributed by atoms with Crippen LogP contribution in [0, 0.1) is 25.2 Å². The van der Waals surface area contributed by atoms with Crippen LogP contribution in [0.3, 0.4) is 0 Å². The first kappa shape index (κ1) is 21.9. The van der Waals surface area contributed by atoms with Gasteiger partial charge in [0.15, 0.2) is 0 Å². The topological polar surface area (TPSA) is 79.7 Å². The maximum Gasteiger partial charge on any atom is 0.264 e. The number of aromatic nitrogens is 4. The minimum atomic E-state index is -0.165. The molecule has 1 saturated heterocycles. The highest BCUT2D eigenvalue weighted by Gasteiger charge is 2.33. The fraction of sp³-hybridized carbons (Fsp3) is 0.615. The van der Waals surface area contributed by atoms with Crippen molar-refractivity contribution in [3.63, 3.8) is 0 Å². The number of hydrogen-bond acceptors (Lipinski definition) is 4. The summed E-state index contributed by atoms with van der Waals surface area (Å²) in [6, 6.07) is 5.39. The van der Waals surface area contributed by atoms with Crippen molar-refractivity contribution >= 4 is 12.0 Å². The SMILES string of the molecule is Cc1cc(/C=C(/C#N)C(=O)N2CCCC(c3nncn3C3CC3)C2)c(C)n1C1CCCCC1. The highest BCUT2D eigenvalue weighted by atomic mass is 16.2. The van der Waals surface area contributed by atoms with E-state index in [0.29, 0.717) is 25.2 Å². The van der Waals surface area contributed by atoms with Crippen LogP contribution in [0.15, 0.2) is 18.0 Å². The van der Waals surface area contributed by atoms with Crippen LogP contribution in [0.4, 0.5) is 0 Å². The van der Waals surface area contributed by atoms with E-state index in [-0.39, 0.29) is 17.4 Å². The van der Waals surface area contributed by atoms with Crippen LogP contribution in [-0.2, 0) is 4.79 Å². The molecule has 2 aliphatic carbocycles. The predicted octanol–water partition coefficient (Wildman–Crippen LogP) is 4.85. The summed E-state index contributed by atoms with van der Waals surface area (Å²) in [6.07, 6.45) is 14.2. The Hall–Kier alpha value is -2.88. The van der Waals surface area contributed by atoms with Crippen LogP contribution in [0.1, 0.15) is 98.6 Å². The summed E-state index contributed by atoms with van der Waals surface area (Å²) in [5, 5.41) is 18.4. The Labute approximate surface area is 196 Å². The molecule has 2 aromatic rings. The van der Waals surface area contributed by atoms with Gasteiger partial charge in [0, 0.05) is 42.5 Å². The number of likely N-dealkylation sites (tertiary alicyclic amines) is 1. The van der Waals surface area contributed by atoms with Gasteiger partial charge in [-0.25, -0.2) is 0 Å². The van der Waals surface area contributed by atoms with E-state index in [9.17, 15) is 10.1 Å². The van der Waals surface area contributed by atoms with E-state index in [1.807, 2.05) is 11.2 Å². The Morgan fingerprint density at radius 1 is 1.09 bits per heavy atom. The summed E-state index contributed by atoms with van der Waals surface area (Å²) >= 11 is 0. The van der Waals surface area contributed by atoms with Crippen LogP contribution in [0.25, 0.3) is 6.08 Å². The second-order valence-corrected chi connectivity index (χ2v) is 10.1. The van der Waals surface area contributed by atoms with E-state index in [2.05, 4.69) is 45.3 Å². The van der Waals surface area contributed by atoms with Gasteiger partial charge in [-0.1, -0.05) is 19.3 Å². The molecule has 3 fully saturated rings. The molecule has 1 unspecified atom stereocenters. The lowest BCUT2D eigenvalue weighted by Gasteiger charge is -2.32. The largest absolute Gasteiger partial charge is 0.346 e. The molecule has 7 nitrogen and oxygen atoms in total. The number of carbonyl (C=O) groups excluding carboxylic acids is 1. The van der Waals surface area contributed by atoms with Crippen molar-refractivity contribution in [1.82, 2.24) is 24.2 Å². The Kier molecular flexibility index (Phi) is 6.09. The second-order valence-electron chi connectivity index (χ2n) is 10.1. The normalized spacial score (nSPS) is 22.4. The zero-order valence-corrected chi connectivity index (χ0v) is 19.8. The lowest BCUT2D eigenvalue weighted by atomic mass is 9.95. The molecule has 33 heavy (non-hydrogen) atoms. The molecule has 0 radical (unpaired) electrons. The van der Waals surface area contributed by atoms with Crippen molar-refractivity contribution < 1.29 is 4.79 Å². The maximum atomic E-state index is 13.4. The number of rotatable bonds is 5. The monoisotopic (exact) mass is 446 g/mol. The number of aryl methyl sites for hydroxylation is 1. The third-order valence-electron chi connectivity index (χ3n) is 7.73. The van der Waals surface area contributed by atoms with E-state index in [1.54, 1.807) is 6.08 Å². The molecular weight excluding hydrogens is 412 g/mol. The summed E-state index contributed by atoms with van der Waals surface area (Å²) in [5.74, 6) is 1.01. The van der Waals surface area contributed by atoms with Gasteiger partial charge in [-0.15, -0.1) is 10.2 Å². The quantitative estimate of drug-likeness (QED) is 0.486. The molecule has 7 heteroatoms. The number of nitriles is 1. The smallest absolute Gasteiger partial charge is 0.264 e. The third kappa shape index (κ3) is 4.36. The lowest BCUT2D eigenvalue weighted by Crippen LogP contribution is -2.40. The van der Waals surface area contributed by atoms with Crippen molar-refractivity contribution in [2.75, 3.05) is 13.1 Å². The Morgan fingerprint density at radius 3 is 2.61 bits per heavy atom. The molecule has 1 aliphatic heterocycles. The predicted molar refractivity (Wildman–Crippen MR) is 126 cm³/mol. The molecular formula is C26H34N6O. The second kappa shape index (κ2) is 9.17. The van der Waals surface area contributed by atoms with Crippen LogP contribution < -0.4 is 0 Å². The van der Waals surface area contributed by atoms with Gasteiger partial charge in [-0.2, -0.15) is 5.26 Å². The van der Waals surface area contributed by atoms with E-state index < -0.39 is 0 Å². The molecule has 5 rings (SSSR count). The van der Waals surface area contributed by atoms with E-state index in [1.165, 1.54) is 50.6 Å². The molecule has 3 aliphatic rings. The molecule has 0 N–H and O–H groups in total. The zero-order valence-electron chi connectivity index (χ0n) is 19.8. The molecule has 2 aromatic heterocycles. The minimum absolute atomic E-state index is 0.165. The Bertz CT molecular complexity index is 1090. The number of piperidine rings is 1. The molecule has 174 valence electrons. The van der Waals surface area contributed by atoms with Crippen molar-refractivity contribution in [1.29, 1.82) is 5.26 Å². The molecule has 2 saturated carbocycles. The van der Waals surface area contributed by atoms with Crippen molar-refractivity contribution in [2.45, 2.75) is 89.6 Å². The number of nitrogens with zero attached hydrogens (tertiary/aromatic N) is 6. The zero-order chi connectivity index (χ0) is 22.9. The Balaban J connectivity index is 1.35. The van der Waals surface area contributed by atoms with Crippen molar-refractivity contribution in [2.24, 2.45) is 0 Å². The van der Waals surface area contributed by atoms with Crippen molar-refractivity contribution in [3.8, 4) is 6.07 Å². The fourth-order valence-electron chi connectivity index (χ4n) is 5.87. The first-order valence-corrected chi connectivity index (χ1v) is 12.6. The molecule has 0 bridgehead atoms. The molecule has 0 aromatic carbocycles. The van der Waals surface area contributed by atoms with Gasteiger partial charge in [0.05, 0.1) is 0 Å². The van der Waals surface area contributed by atoms with Crippen molar-refractivity contribution in [3.05, 3.63) is 40.7 Å².